The van der Waals surface area contributed by atoms with E-state index in [4.69, 9.17) is 0 Å². The lowest BCUT2D eigenvalue weighted by molar-refractivity contribution is 0.613. The summed E-state index contributed by atoms with van der Waals surface area (Å²) in [6.07, 6.45) is 1.18. The molecule has 15 heavy (non-hydrogen) atoms. The molecule has 2 nitrogen and oxygen atoms in total. The van der Waals surface area contributed by atoms with E-state index in [2.05, 4.69) is 43.2 Å². The number of hydrogen-bond donors (Lipinski definition) is 1. The molecular weight excluding hydrogens is 184 g/mol. The number of rotatable bonds is 2. The van der Waals surface area contributed by atoms with Crippen molar-refractivity contribution in [3.05, 3.63) is 28.8 Å². The van der Waals surface area contributed by atoms with Crippen molar-refractivity contribution in [3.8, 4) is 0 Å². The predicted molar refractivity (Wildman–Crippen MR) is 65.7 cm³/mol. The van der Waals surface area contributed by atoms with Crippen molar-refractivity contribution in [2.24, 2.45) is 0 Å². The highest BCUT2D eigenvalue weighted by molar-refractivity contribution is 5.64. The van der Waals surface area contributed by atoms with Gasteiger partial charge in [0.2, 0.25) is 0 Å². The Labute approximate surface area is 92.3 Å². The second kappa shape index (κ2) is 3.86. The monoisotopic (exact) mass is 204 g/mol. The number of likely N-dealkylation sites (N-methyl/N-ethyl adjacent to an activating group) is 2. The highest BCUT2D eigenvalue weighted by Crippen LogP contribution is 2.34. The summed E-state index contributed by atoms with van der Waals surface area (Å²) in [6.45, 7) is 5.45. The molecule has 0 radical (unpaired) electrons. The molecule has 1 aliphatic rings. The lowest BCUT2D eigenvalue weighted by Crippen LogP contribution is -2.36. The third-order valence-electron chi connectivity index (χ3n) is 3.32. The van der Waals surface area contributed by atoms with Crippen LogP contribution in [0.4, 0.5) is 5.69 Å². The molecule has 0 aliphatic carbocycles. The van der Waals surface area contributed by atoms with Gasteiger partial charge < -0.3 is 10.2 Å². The molecule has 1 heterocycles. The van der Waals surface area contributed by atoms with Crippen molar-refractivity contribution >= 4 is 5.69 Å². The normalized spacial score (nSPS) is 19.5. The van der Waals surface area contributed by atoms with Gasteiger partial charge in [-0.2, -0.15) is 0 Å². The van der Waals surface area contributed by atoms with Gasteiger partial charge in [0.25, 0.3) is 0 Å². The summed E-state index contributed by atoms with van der Waals surface area (Å²) in [4.78, 5) is 2.42. The second-order valence-corrected chi connectivity index (χ2v) is 4.62. The Morgan fingerprint density at radius 2 is 2.13 bits per heavy atom. The summed E-state index contributed by atoms with van der Waals surface area (Å²) in [5.41, 5.74) is 5.74. The van der Waals surface area contributed by atoms with E-state index in [9.17, 15) is 0 Å². The molecule has 82 valence electrons. The minimum atomic E-state index is 0.616. The van der Waals surface area contributed by atoms with E-state index in [1.54, 1.807) is 0 Å². The van der Waals surface area contributed by atoms with Crippen LogP contribution in [0.3, 0.4) is 0 Å². The van der Waals surface area contributed by atoms with Gasteiger partial charge in [0, 0.05) is 25.3 Å². The van der Waals surface area contributed by atoms with Crippen LogP contribution in [0.25, 0.3) is 0 Å². The average Bonchev–Trinajstić information content (AvgIpc) is 2.43. The minimum Gasteiger partial charge on any atom is -0.370 e. The Balaban J connectivity index is 2.36. The molecule has 0 bridgehead atoms. The highest BCUT2D eigenvalue weighted by Gasteiger charge is 2.27. The first-order valence-electron chi connectivity index (χ1n) is 5.61. The van der Waals surface area contributed by atoms with Crippen LogP contribution in [0.15, 0.2) is 12.1 Å². The smallest absolute Gasteiger partial charge is 0.0452 e. The van der Waals surface area contributed by atoms with Crippen molar-refractivity contribution in [2.75, 3.05) is 25.5 Å². The van der Waals surface area contributed by atoms with Gasteiger partial charge in [-0.3, -0.25) is 0 Å². The van der Waals surface area contributed by atoms with Crippen molar-refractivity contribution in [2.45, 2.75) is 26.3 Å². The number of nitrogens with one attached hydrogen (secondary N) is 1. The first-order chi connectivity index (χ1) is 7.13. The third kappa shape index (κ3) is 1.74. The first kappa shape index (κ1) is 10.5. The molecular formula is C13H20N2. The summed E-state index contributed by atoms with van der Waals surface area (Å²) < 4.78 is 0. The maximum absolute atomic E-state index is 3.27. The number of fused-ring (bicyclic) bond motifs is 1. The van der Waals surface area contributed by atoms with Crippen LogP contribution in [0.2, 0.25) is 0 Å². The Hall–Kier alpha value is -1.02. The molecule has 1 atom stereocenters. The molecule has 1 aliphatic heterocycles. The van der Waals surface area contributed by atoms with Crippen LogP contribution in [-0.2, 0) is 6.42 Å². The van der Waals surface area contributed by atoms with E-state index in [0.717, 1.165) is 6.54 Å². The molecule has 1 aromatic carbocycles. The molecule has 1 unspecified atom stereocenters. The van der Waals surface area contributed by atoms with Crippen molar-refractivity contribution < 1.29 is 0 Å². The van der Waals surface area contributed by atoms with E-state index in [1.807, 2.05) is 7.05 Å². The minimum absolute atomic E-state index is 0.616. The van der Waals surface area contributed by atoms with E-state index in [-0.39, 0.29) is 0 Å². The Morgan fingerprint density at radius 1 is 1.40 bits per heavy atom. The predicted octanol–water partition coefficient (Wildman–Crippen LogP) is 1.88. The van der Waals surface area contributed by atoms with Crippen LogP contribution in [0, 0.1) is 13.8 Å². The fourth-order valence-electron chi connectivity index (χ4n) is 2.73. The van der Waals surface area contributed by atoms with Crippen LogP contribution in [0.5, 0.6) is 0 Å². The SMILES string of the molecule is CNCC1Cc2cc(C)cc(C)c2N1C. The molecule has 0 saturated carbocycles. The van der Waals surface area contributed by atoms with Gasteiger partial charge in [0.15, 0.2) is 0 Å². The number of hydrogen-bond acceptors (Lipinski definition) is 2. The second-order valence-electron chi connectivity index (χ2n) is 4.62. The number of benzene rings is 1. The molecule has 1 aromatic rings. The quantitative estimate of drug-likeness (QED) is 0.791. The summed E-state index contributed by atoms with van der Waals surface area (Å²) >= 11 is 0. The molecule has 1 N–H and O–H groups in total. The van der Waals surface area contributed by atoms with E-state index in [1.165, 1.54) is 28.8 Å². The van der Waals surface area contributed by atoms with E-state index in [0.29, 0.717) is 6.04 Å². The molecule has 0 spiro atoms. The summed E-state index contributed by atoms with van der Waals surface area (Å²) in [6, 6.07) is 5.22. The van der Waals surface area contributed by atoms with Crippen LogP contribution >= 0.6 is 0 Å². The standard InChI is InChI=1S/C13H20N2/c1-9-5-10(2)13-11(6-9)7-12(8-14-3)15(13)4/h5-6,12,14H,7-8H2,1-4H3. The molecule has 0 fully saturated rings. The molecule has 0 amide bonds. The molecule has 2 heteroatoms. The van der Waals surface area contributed by atoms with Crippen LogP contribution in [-0.4, -0.2) is 26.7 Å². The van der Waals surface area contributed by atoms with Gasteiger partial charge in [-0.05, 0) is 38.4 Å². The lowest BCUT2D eigenvalue weighted by Gasteiger charge is -2.23. The topological polar surface area (TPSA) is 15.3 Å². The van der Waals surface area contributed by atoms with Crippen molar-refractivity contribution in [3.63, 3.8) is 0 Å². The van der Waals surface area contributed by atoms with Crippen LogP contribution in [0.1, 0.15) is 16.7 Å². The van der Waals surface area contributed by atoms with E-state index < -0.39 is 0 Å². The molecule has 2 rings (SSSR count). The Morgan fingerprint density at radius 3 is 2.80 bits per heavy atom. The van der Waals surface area contributed by atoms with Gasteiger partial charge in [-0.15, -0.1) is 0 Å². The zero-order valence-corrected chi connectivity index (χ0v) is 10.1. The molecule has 0 aromatic heterocycles. The van der Waals surface area contributed by atoms with Crippen molar-refractivity contribution in [1.29, 1.82) is 0 Å². The van der Waals surface area contributed by atoms with Gasteiger partial charge in [0.1, 0.15) is 0 Å². The zero-order chi connectivity index (χ0) is 11.0. The fraction of sp³-hybridized carbons (Fsp3) is 0.538. The fourth-order valence-corrected chi connectivity index (χ4v) is 2.73. The maximum Gasteiger partial charge on any atom is 0.0452 e. The third-order valence-corrected chi connectivity index (χ3v) is 3.32. The Bertz CT molecular complexity index is 371. The number of anilines is 1. The van der Waals surface area contributed by atoms with Crippen molar-refractivity contribution in [1.82, 2.24) is 5.32 Å². The first-order valence-corrected chi connectivity index (χ1v) is 5.61. The largest absolute Gasteiger partial charge is 0.370 e. The summed E-state index contributed by atoms with van der Waals surface area (Å²) in [7, 11) is 4.23. The number of aryl methyl sites for hydroxylation is 2. The van der Waals surface area contributed by atoms with Gasteiger partial charge in [-0.25, -0.2) is 0 Å². The lowest BCUT2D eigenvalue weighted by atomic mass is 10.0. The summed E-state index contributed by atoms with van der Waals surface area (Å²) in [5.74, 6) is 0. The zero-order valence-electron chi connectivity index (χ0n) is 10.1. The van der Waals surface area contributed by atoms with Gasteiger partial charge in [0.05, 0.1) is 0 Å². The Kier molecular flexibility index (Phi) is 2.70. The number of nitrogens with zero attached hydrogens (tertiary/aromatic N) is 1. The van der Waals surface area contributed by atoms with Gasteiger partial charge in [-0.1, -0.05) is 17.7 Å². The average molecular weight is 204 g/mol. The molecule has 0 saturated heterocycles. The maximum atomic E-state index is 3.27. The summed E-state index contributed by atoms with van der Waals surface area (Å²) in [5, 5.41) is 3.27. The van der Waals surface area contributed by atoms with E-state index >= 15 is 0 Å². The van der Waals surface area contributed by atoms with Gasteiger partial charge >= 0.3 is 0 Å². The van der Waals surface area contributed by atoms with Crippen LogP contribution < -0.4 is 10.2 Å². The highest BCUT2D eigenvalue weighted by atomic mass is 15.2.